The Morgan fingerprint density at radius 2 is 1.94 bits per heavy atom. The Morgan fingerprint density at radius 1 is 1.29 bits per heavy atom. The molecule has 5 heteroatoms. The molecular weight excluding hydrogens is 222 g/mol. The molecule has 1 aromatic rings. The second kappa shape index (κ2) is 4.37. The Hall–Kier alpha value is -2.17. The highest BCUT2D eigenvalue weighted by Crippen LogP contribution is 2.29. The fourth-order valence-corrected chi connectivity index (χ4v) is 1.93. The highest BCUT2D eigenvalue weighted by Gasteiger charge is 2.40. The molecule has 17 heavy (non-hydrogen) atoms. The Morgan fingerprint density at radius 3 is 2.53 bits per heavy atom. The molecular formula is C12H11NO4. The zero-order valence-corrected chi connectivity index (χ0v) is 9.00. The van der Waals surface area contributed by atoms with Gasteiger partial charge < -0.3 is 5.11 Å². The summed E-state index contributed by atoms with van der Waals surface area (Å²) in [6.07, 6.45) is 0.0517. The number of amides is 2. The third kappa shape index (κ3) is 2.18. The zero-order chi connectivity index (χ0) is 12.4. The predicted octanol–water partition coefficient (Wildman–Crippen LogP) is 0.614. The van der Waals surface area contributed by atoms with Gasteiger partial charge in [0.05, 0.1) is 5.92 Å². The SMILES string of the molecule is O=C(O)CN1C(=O)C[C@H](c2ccccc2)C1=O. The van der Waals surface area contributed by atoms with E-state index in [1.165, 1.54) is 0 Å². The second-order valence-corrected chi connectivity index (χ2v) is 3.88. The van der Waals surface area contributed by atoms with E-state index in [0.717, 1.165) is 10.5 Å². The number of hydrogen-bond acceptors (Lipinski definition) is 3. The number of benzene rings is 1. The van der Waals surface area contributed by atoms with Crippen LogP contribution in [0.3, 0.4) is 0 Å². The van der Waals surface area contributed by atoms with Crippen molar-refractivity contribution in [2.24, 2.45) is 0 Å². The number of aliphatic carboxylic acids is 1. The molecule has 0 spiro atoms. The van der Waals surface area contributed by atoms with Gasteiger partial charge in [-0.25, -0.2) is 0 Å². The van der Waals surface area contributed by atoms with E-state index in [2.05, 4.69) is 0 Å². The molecule has 1 fully saturated rings. The Bertz CT molecular complexity index is 469. The van der Waals surface area contributed by atoms with Crippen molar-refractivity contribution in [2.75, 3.05) is 6.54 Å². The van der Waals surface area contributed by atoms with E-state index in [-0.39, 0.29) is 6.42 Å². The van der Waals surface area contributed by atoms with Crippen LogP contribution in [0.15, 0.2) is 30.3 Å². The minimum Gasteiger partial charge on any atom is -0.480 e. The fraction of sp³-hybridized carbons (Fsp3) is 0.250. The number of hydrogen-bond donors (Lipinski definition) is 1. The lowest BCUT2D eigenvalue weighted by molar-refractivity contribution is -0.148. The summed E-state index contributed by atoms with van der Waals surface area (Å²) >= 11 is 0. The molecule has 2 amide bonds. The van der Waals surface area contributed by atoms with Crippen LogP contribution in [0.5, 0.6) is 0 Å². The molecule has 1 atom stereocenters. The lowest BCUT2D eigenvalue weighted by atomic mass is 9.98. The summed E-state index contributed by atoms with van der Waals surface area (Å²) < 4.78 is 0. The maximum Gasteiger partial charge on any atom is 0.323 e. The first-order chi connectivity index (χ1) is 8.09. The van der Waals surface area contributed by atoms with Gasteiger partial charge in [0.1, 0.15) is 6.54 Å². The van der Waals surface area contributed by atoms with Gasteiger partial charge >= 0.3 is 5.97 Å². The largest absolute Gasteiger partial charge is 0.480 e. The van der Waals surface area contributed by atoms with E-state index in [0.29, 0.717) is 0 Å². The Kier molecular flexibility index (Phi) is 2.91. The van der Waals surface area contributed by atoms with Crippen molar-refractivity contribution in [3.8, 4) is 0 Å². The molecule has 0 radical (unpaired) electrons. The zero-order valence-electron chi connectivity index (χ0n) is 9.00. The van der Waals surface area contributed by atoms with Crippen molar-refractivity contribution in [2.45, 2.75) is 12.3 Å². The summed E-state index contributed by atoms with van der Waals surface area (Å²) in [5.74, 6) is -2.57. The normalized spacial score (nSPS) is 19.8. The monoisotopic (exact) mass is 233 g/mol. The third-order valence-corrected chi connectivity index (χ3v) is 2.74. The molecule has 1 aromatic carbocycles. The van der Waals surface area contributed by atoms with Gasteiger partial charge in [-0.05, 0) is 5.56 Å². The van der Waals surface area contributed by atoms with Crippen LogP contribution in [-0.2, 0) is 14.4 Å². The summed E-state index contributed by atoms with van der Waals surface area (Å²) in [6.45, 7) is -0.555. The summed E-state index contributed by atoms with van der Waals surface area (Å²) in [4.78, 5) is 34.8. The van der Waals surface area contributed by atoms with Gasteiger partial charge in [-0.2, -0.15) is 0 Å². The molecule has 0 unspecified atom stereocenters. The van der Waals surface area contributed by atoms with Gasteiger partial charge in [0.2, 0.25) is 11.8 Å². The van der Waals surface area contributed by atoms with Crippen LogP contribution in [0.2, 0.25) is 0 Å². The first kappa shape index (κ1) is 11.3. The smallest absolute Gasteiger partial charge is 0.323 e. The Balaban J connectivity index is 2.22. The highest BCUT2D eigenvalue weighted by atomic mass is 16.4. The number of nitrogens with zero attached hydrogens (tertiary/aromatic N) is 1. The van der Waals surface area contributed by atoms with Crippen molar-refractivity contribution >= 4 is 17.8 Å². The predicted molar refractivity (Wildman–Crippen MR) is 58.2 cm³/mol. The van der Waals surface area contributed by atoms with Crippen LogP contribution in [0, 0.1) is 0 Å². The number of carboxylic acid groups (broad SMARTS) is 1. The second-order valence-electron chi connectivity index (χ2n) is 3.88. The first-order valence-corrected chi connectivity index (χ1v) is 5.20. The van der Waals surface area contributed by atoms with Crippen LogP contribution in [-0.4, -0.2) is 34.3 Å². The maximum absolute atomic E-state index is 11.9. The standard InChI is InChI=1S/C12H11NO4/c14-10-6-9(8-4-2-1-3-5-8)12(17)13(10)7-11(15)16/h1-5,9H,6-7H2,(H,15,16)/t9-/m1/s1. The molecule has 1 N–H and O–H groups in total. The van der Waals surface area contributed by atoms with Crippen LogP contribution >= 0.6 is 0 Å². The van der Waals surface area contributed by atoms with Gasteiger partial charge in [-0.3, -0.25) is 19.3 Å². The molecule has 0 aliphatic carbocycles. The molecule has 1 aliphatic rings. The summed E-state index contributed by atoms with van der Waals surface area (Å²) in [5, 5.41) is 8.62. The molecule has 1 saturated heterocycles. The third-order valence-electron chi connectivity index (χ3n) is 2.74. The van der Waals surface area contributed by atoms with Crippen LogP contribution in [0.1, 0.15) is 17.9 Å². The van der Waals surface area contributed by atoms with E-state index in [1.807, 2.05) is 6.07 Å². The van der Waals surface area contributed by atoms with Gasteiger partial charge in [0.15, 0.2) is 0 Å². The lowest BCUT2D eigenvalue weighted by Gasteiger charge is -2.12. The molecule has 0 aromatic heterocycles. The lowest BCUT2D eigenvalue weighted by Crippen LogP contribution is -2.35. The minimum absolute atomic E-state index is 0.0517. The van der Waals surface area contributed by atoms with Crippen molar-refractivity contribution in [1.82, 2.24) is 4.90 Å². The van der Waals surface area contributed by atoms with E-state index in [9.17, 15) is 14.4 Å². The van der Waals surface area contributed by atoms with E-state index < -0.39 is 30.2 Å². The number of carbonyl (C=O) groups excluding carboxylic acids is 2. The van der Waals surface area contributed by atoms with Crippen LogP contribution < -0.4 is 0 Å². The molecule has 88 valence electrons. The number of rotatable bonds is 3. The van der Waals surface area contributed by atoms with Crippen LogP contribution in [0.4, 0.5) is 0 Å². The van der Waals surface area contributed by atoms with Crippen molar-refractivity contribution in [3.63, 3.8) is 0 Å². The van der Waals surface area contributed by atoms with E-state index in [4.69, 9.17) is 5.11 Å². The minimum atomic E-state index is -1.18. The van der Waals surface area contributed by atoms with E-state index in [1.54, 1.807) is 24.3 Å². The molecule has 0 saturated carbocycles. The summed E-state index contributed by atoms with van der Waals surface area (Å²) in [7, 11) is 0. The molecule has 1 aliphatic heterocycles. The molecule has 5 nitrogen and oxygen atoms in total. The number of imide groups is 1. The fourth-order valence-electron chi connectivity index (χ4n) is 1.93. The van der Waals surface area contributed by atoms with Gasteiger partial charge in [0, 0.05) is 6.42 Å². The van der Waals surface area contributed by atoms with E-state index >= 15 is 0 Å². The molecule has 0 bridgehead atoms. The summed E-state index contributed by atoms with van der Waals surface area (Å²) in [6, 6.07) is 8.92. The van der Waals surface area contributed by atoms with Crippen molar-refractivity contribution < 1.29 is 19.5 Å². The number of carboxylic acids is 1. The average Bonchev–Trinajstić information content (AvgIpc) is 2.58. The van der Waals surface area contributed by atoms with Crippen molar-refractivity contribution in [1.29, 1.82) is 0 Å². The Labute approximate surface area is 97.7 Å². The summed E-state index contributed by atoms with van der Waals surface area (Å²) in [5.41, 5.74) is 0.749. The van der Waals surface area contributed by atoms with Gasteiger partial charge in [-0.1, -0.05) is 30.3 Å². The number of likely N-dealkylation sites (tertiary alicyclic amines) is 1. The topological polar surface area (TPSA) is 74.7 Å². The highest BCUT2D eigenvalue weighted by molar-refractivity contribution is 6.07. The van der Waals surface area contributed by atoms with Crippen molar-refractivity contribution in [3.05, 3.63) is 35.9 Å². The molecule has 1 heterocycles. The van der Waals surface area contributed by atoms with Crippen LogP contribution in [0.25, 0.3) is 0 Å². The maximum atomic E-state index is 11.9. The van der Waals surface area contributed by atoms with Gasteiger partial charge in [-0.15, -0.1) is 0 Å². The average molecular weight is 233 g/mol. The van der Waals surface area contributed by atoms with Gasteiger partial charge in [0.25, 0.3) is 0 Å². The number of carbonyl (C=O) groups is 3. The quantitative estimate of drug-likeness (QED) is 0.776. The molecule has 2 rings (SSSR count). The first-order valence-electron chi connectivity index (χ1n) is 5.20.